The summed E-state index contributed by atoms with van der Waals surface area (Å²) in [5, 5.41) is 18.6. The van der Waals surface area contributed by atoms with E-state index in [1.807, 2.05) is 38.2 Å². The summed E-state index contributed by atoms with van der Waals surface area (Å²) in [6.07, 6.45) is 11.2. The molecule has 1 atom stereocenters. The van der Waals surface area contributed by atoms with E-state index in [1.165, 1.54) is 0 Å². The van der Waals surface area contributed by atoms with Crippen LogP contribution in [0.1, 0.15) is 20.3 Å². The molecule has 0 rings (SSSR count). The second kappa shape index (κ2) is 6.63. The summed E-state index contributed by atoms with van der Waals surface area (Å²) in [5.41, 5.74) is -1.10. The molecule has 0 amide bonds. The minimum atomic E-state index is -1.10. The van der Waals surface area contributed by atoms with Crippen molar-refractivity contribution in [2.24, 2.45) is 0 Å². The van der Waals surface area contributed by atoms with Crippen molar-refractivity contribution in [1.29, 1.82) is 0 Å². The molecule has 0 radical (unpaired) electrons. The molecule has 0 aliphatic heterocycles. The molecule has 0 saturated carbocycles. The summed E-state index contributed by atoms with van der Waals surface area (Å²) in [6, 6.07) is 0. The summed E-state index contributed by atoms with van der Waals surface area (Å²) in [6.45, 7) is 3.49. The van der Waals surface area contributed by atoms with Crippen LogP contribution in [0, 0.1) is 0 Å². The Hall–Kier alpha value is -0.860. The Kier molecular flexibility index (Phi) is 6.20. The molecule has 0 heterocycles. The molecule has 0 aliphatic carbocycles. The third-order valence-electron chi connectivity index (χ3n) is 1.66. The summed E-state index contributed by atoms with van der Waals surface area (Å²) in [7, 11) is 0. The van der Waals surface area contributed by atoms with Gasteiger partial charge in [-0.2, -0.15) is 0 Å². The fourth-order valence-corrected chi connectivity index (χ4v) is 0.957. The monoisotopic (exact) mass is 182 g/mol. The second-order valence-corrected chi connectivity index (χ2v) is 2.92. The molecular formula is C11H18O2. The first-order valence-corrected chi connectivity index (χ1v) is 4.43. The van der Waals surface area contributed by atoms with E-state index in [9.17, 15) is 5.11 Å². The maximum atomic E-state index is 9.71. The van der Waals surface area contributed by atoms with E-state index in [2.05, 4.69) is 0 Å². The number of hydrogen-bond acceptors (Lipinski definition) is 2. The maximum absolute atomic E-state index is 9.71. The van der Waals surface area contributed by atoms with Crippen LogP contribution in [0.3, 0.4) is 0 Å². The molecule has 2 heteroatoms. The summed E-state index contributed by atoms with van der Waals surface area (Å²) in [4.78, 5) is 0. The van der Waals surface area contributed by atoms with E-state index in [1.54, 1.807) is 12.2 Å². The minimum Gasteiger partial charge on any atom is -0.393 e. The van der Waals surface area contributed by atoms with Crippen molar-refractivity contribution in [1.82, 2.24) is 0 Å². The van der Waals surface area contributed by atoms with Crippen LogP contribution in [-0.4, -0.2) is 22.4 Å². The van der Waals surface area contributed by atoms with Gasteiger partial charge in [-0.25, -0.2) is 0 Å². The topological polar surface area (TPSA) is 40.5 Å². The first-order chi connectivity index (χ1) is 6.18. The lowest BCUT2D eigenvalue weighted by atomic mass is 10.00. The van der Waals surface area contributed by atoms with Gasteiger partial charge in [0.1, 0.15) is 5.60 Å². The van der Waals surface area contributed by atoms with Gasteiger partial charge >= 0.3 is 0 Å². The SMILES string of the molecule is CC=CC=CCC(O)(C=CC)CO. The highest BCUT2D eigenvalue weighted by molar-refractivity contribution is 5.08. The van der Waals surface area contributed by atoms with Crippen molar-refractivity contribution in [3.8, 4) is 0 Å². The Morgan fingerprint density at radius 3 is 2.31 bits per heavy atom. The van der Waals surface area contributed by atoms with Crippen LogP contribution in [0.25, 0.3) is 0 Å². The molecule has 2 N–H and O–H groups in total. The molecule has 0 aliphatic rings. The average molecular weight is 182 g/mol. The van der Waals surface area contributed by atoms with Crippen molar-refractivity contribution >= 4 is 0 Å². The van der Waals surface area contributed by atoms with E-state index >= 15 is 0 Å². The number of allylic oxidation sites excluding steroid dienone is 4. The molecule has 0 aromatic carbocycles. The predicted molar refractivity (Wildman–Crippen MR) is 55.4 cm³/mol. The quantitative estimate of drug-likeness (QED) is 0.503. The van der Waals surface area contributed by atoms with Crippen LogP contribution >= 0.6 is 0 Å². The fourth-order valence-electron chi connectivity index (χ4n) is 0.957. The van der Waals surface area contributed by atoms with E-state index in [4.69, 9.17) is 5.11 Å². The van der Waals surface area contributed by atoms with Crippen LogP contribution in [0.15, 0.2) is 36.5 Å². The molecule has 74 valence electrons. The van der Waals surface area contributed by atoms with Crippen molar-refractivity contribution in [3.63, 3.8) is 0 Å². The van der Waals surface area contributed by atoms with Gasteiger partial charge in [0.2, 0.25) is 0 Å². The van der Waals surface area contributed by atoms with E-state index in [0.717, 1.165) is 0 Å². The van der Waals surface area contributed by atoms with Gasteiger partial charge in [-0.15, -0.1) is 0 Å². The molecule has 0 aromatic heterocycles. The lowest BCUT2D eigenvalue weighted by molar-refractivity contribution is 0.0299. The molecular weight excluding hydrogens is 164 g/mol. The van der Waals surface area contributed by atoms with E-state index in [-0.39, 0.29) is 6.61 Å². The van der Waals surface area contributed by atoms with Crippen LogP contribution in [0.4, 0.5) is 0 Å². The molecule has 2 nitrogen and oxygen atoms in total. The Morgan fingerprint density at radius 1 is 1.15 bits per heavy atom. The highest BCUT2D eigenvalue weighted by Crippen LogP contribution is 2.12. The predicted octanol–water partition coefficient (Wildman–Crippen LogP) is 1.81. The van der Waals surface area contributed by atoms with Gasteiger partial charge in [0.15, 0.2) is 0 Å². The third kappa shape index (κ3) is 5.39. The summed E-state index contributed by atoms with van der Waals surface area (Å²) < 4.78 is 0. The zero-order valence-electron chi connectivity index (χ0n) is 8.27. The zero-order chi connectivity index (χ0) is 10.2. The standard InChI is InChI=1S/C11H18O2/c1-3-5-6-7-9-11(13,10-12)8-4-2/h3-8,12-13H,9-10H2,1-2H3. The van der Waals surface area contributed by atoms with Gasteiger partial charge in [-0.1, -0.05) is 36.5 Å². The number of aliphatic hydroxyl groups excluding tert-OH is 1. The van der Waals surface area contributed by atoms with E-state index < -0.39 is 5.60 Å². The molecule has 0 saturated heterocycles. The van der Waals surface area contributed by atoms with Crippen molar-refractivity contribution in [2.75, 3.05) is 6.61 Å². The molecule has 0 aromatic rings. The zero-order valence-corrected chi connectivity index (χ0v) is 8.27. The number of rotatable bonds is 5. The van der Waals surface area contributed by atoms with Crippen LogP contribution in [0.2, 0.25) is 0 Å². The Balaban J connectivity index is 4.12. The lowest BCUT2D eigenvalue weighted by Crippen LogP contribution is -2.29. The van der Waals surface area contributed by atoms with Gasteiger partial charge in [-0.05, 0) is 13.8 Å². The van der Waals surface area contributed by atoms with Crippen molar-refractivity contribution < 1.29 is 10.2 Å². The minimum absolute atomic E-state index is 0.252. The largest absolute Gasteiger partial charge is 0.393 e. The van der Waals surface area contributed by atoms with Crippen LogP contribution < -0.4 is 0 Å². The van der Waals surface area contributed by atoms with Gasteiger partial charge < -0.3 is 10.2 Å². The highest BCUT2D eigenvalue weighted by atomic mass is 16.3. The van der Waals surface area contributed by atoms with Crippen molar-refractivity contribution in [3.05, 3.63) is 36.5 Å². The molecule has 0 spiro atoms. The van der Waals surface area contributed by atoms with Crippen molar-refractivity contribution in [2.45, 2.75) is 25.9 Å². The normalized spacial score (nSPS) is 17.5. The molecule has 0 bridgehead atoms. The lowest BCUT2D eigenvalue weighted by Gasteiger charge is -2.19. The highest BCUT2D eigenvalue weighted by Gasteiger charge is 2.19. The van der Waals surface area contributed by atoms with Gasteiger partial charge in [0, 0.05) is 6.42 Å². The fraction of sp³-hybridized carbons (Fsp3) is 0.455. The van der Waals surface area contributed by atoms with Gasteiger partial charge in [0.25, 0.3) is 0 Å². The van der Waals surface area contributed by atoms with Gasteiger partial charge in [0.05, 0.1) is 6.61 Å². The number of aliphatic hydroxyl groups is 2. The van der Waals surface area contributed by atoms with Crippen LogP contribution in [-0.2, 0) is 0 Å². The maximum Gasteiger partial charge on any atom is 0.109 e. The Labute approximate surface area is 79.9 Å². The summed E-state index contributed by atoms with van der Waals surface area (Å²) in [5.74, 6) is 0. The summed E-state index contributed by atoms with van der Waals surface area (Å²) >= 11 is 0. The molecule has 1 unspecified atom stereocenters. The van der Waals surface area contributed by atoms with E-state index in [0.29, 0.717) is 6.42 Å². The average Bonchev–Trinajstić information content (AvgIpc) is 2.13. The van der Waals surface area contributed by atoms with Crippen LogP contribution in [0.5, 0.6) is 0 Å². The first-order valence-electron chi connectivity index (χ1n) is 4.43. The van der Waals surface area contributed by atoms with Gasteiger partial charge in [-0.3, -0.25) is 0 Å². The smallest absolute Gasteiger partial charge is 0.109 e. The Morgan fingerprint density at radius 2 is 1.85 bits per heavy atom. The molecule has 0 fully saturated rings. The molecule has 13 heavy (non-hydrogen) atoms. The number of hydrogen-bond donors (Lipinski definition) is 2. The Bertz CT molecular complexity index is 204. The first kappa shape index (κ1) is 12.1. The third-order valence-corrected chi connectivity index (χ3v) is 1.66. The second-order valence-electron chi connectivity index (χ2n) is 2.92.